The molecule has 6 heteroatoms. The second-order valence-electron chi connectivity index (χ2n) is 6.03. The van der Waals surface area contributed by atoms with Gasteiger partial charge in [0.15, 0.2) is 0 Å². The van der Waals surface area contributed by atoms with Gasteiger partial charge in [0, 0.05) is 33.2 Å². The molecule has 0 aliphatic rings. The minimum Gasteiger partial charge on any atom is -0.459 e. The predicted octanol–water partition coefficient (Wildman–Crippen LogP) is 4.87. The highest BCUT2D eigenvalue weighted by molar-refractivity contribution is 9.10. The molecule has 126 valence electrons. The third-order valence-corrected chi connectivity index (χ3v) is 4.80. The number of rotatable bonds is 3. The smallest absolute Gasteiger partial charge is 0.254 e. The van der Waals surface area contributed by atoms with Crippen molar-refractivity contribution in [2.45, 2.75) is 19.9 Å². The number of nitrogens with zero attached hydrogens (tertiary/aromatic N) is 1. The van der Waals surface area contributed by atoms with Gasteiger partial charge in [-0.3, -0.25) is 4.79 Å². The van der Waals surface area contributed by atoms with E-state index in [0.29, 0.717) is 11.2 Å². The summed E-state index contributed by atoms with van der Waals surface area (Å²) in [5.74, 6) is 0.604. The number of benzene rings is 1. The molecule has 4 aromatic rings. The maximum absolute atomic E-state index is 12.7. The summed E-state index contributed by atoms with van der Waals surface area (Å²) in [4.78, 5) is 20.0. The van der Waals surface area contributed by atoms with E-state index in [1.807, 2.05) is 44.2 Å². The Morgan fingerprint density at radius 2 is 2.12 bits per heavy atom. The summed E-state index contributed by atoms with van der Waals surface area (Å²) in [6, 6.07) is 9.51. The second kappa shape index (κ2) is 6.04. The number of aromatic amines is 1. The van der Waals surface area contributed by atoms with Crippen LogP contribution in [0, 0.1) is 6.92 Å². The van der Waals surface area contributed by atoms with E-state index in [1.165, 1.54) is 0 Å². The molecule has 0 spiro atoms. The third-order valence-electron chi connectivity index (χ3n) is 4.36. The lowest BCUT2D eigenvalue weighted by molar-refractivity contribution is 0.0937. The van der Waals surface area contributed by atoms with Crippen molar-refractivity contribution < 1.29 is 9.21 Å². The quantitative estimate of drug-likeness (QED) is 0.517. The molecule has 1 unspecified atom stereocenters. The molecule has 0 aliphatic carbocycles. The van der Waals surface area contributed by atoms with Crippen LogP contribution < -0.4 is 5.32 Å². The van der Waals surface area contributed by atoms with Crippen molar-refractivity contribution in [1.82, 2.24) is 15.3 Å². The van der Waals surface area contributed by atoms with Crippen molar-refractivity contribution in [2.24, 2.45) is 0 Å². The standard InChI is InChI=1S/C19H16BrN3O2/c1-10-13-5-3-4-6-16(13)25-17(10)11(2)23-19(24)15-9-22-18-14(15)7-12(20)8-21-18/h3-9,11H,1-2H3,(H,21,22)(H,23,24). The fourth-order valence-electron chi connectivity index (χ4n) is 3.11. The van der Waals surface area contributed by atoms with Gasteiger partial charge < -0.3 is 14.7 Å². The van der Waals surface area contributed by atoms with Crippen molar-refractivity contribution in [3.05, 3.63) is 64.1 Å². The zero-order valence-corrected chi connectivity index (χ0v) is 15.3. The van der Waals surface area contributed by atoms with E-state index in [4.69, 9.17) is 4.42 Å². The number of pyridine rings is 1. The van der Waals surface area contributed by atoms with Gasteiger partial charge >= 0.3 is 0 Å². The Kier molecular flexibility index (Phi) is 3.84. The van der Waals surface area contributed by atoms with E-state index in [1.54, 1.807) is 12.4 Å². The van der Waals surface area contributed by atoms with Gasteiger partial charge in [-0.25, -0.2) is 4.98 Å². The average Bonchev–Trinajstić information content (AvgIpc) is 3.16. The topological polar surface area (TPSA) is 70.9 Å². The first-order valence-electron chi connectivity index (χ1n) is 7.96. The number of carbonyl (C=O) groups is 1. The van der Waals surface area contributed by atoms with Crippen LogP contribution in [0.15, 0.2) is 51.6 Å². The molecule has 0 radical (unpaired) electrons. The molecule has 4 rings (SSSR count). The van der Waals surface area contributed by atoms with Crippen LogP contribution in [0.3, 0.4) is 0 Å². The molecule has 0 bridgehead atoms. The molecule has 1 amide bonds. The molecule has 0 saturated carbocycles. The zero-order valence-electron chi connectivity index (χ0n) is 13.8. The SMILES string of the molecule is Cc1c(C(C)NC(=O)c2c[nH]c3ncc(Br)cc23)oc2ccccc12. The van der Waals surface area contributed by atoms with Gasteiger partial charge in [-0.05, 0) is 41.9 Å². The zero-order chi connectivity index (χ0) is 17.6. The Balaban J connectivity index is 1.65. The third kappa shape index (κ3) is 2.72. The van der Waals surface area contributed by atoms with Crippen LogP contribution in [0.1, 0.15) is 34.6 Å². The van der Waals surface area contributed by atoms with E-state index in [0.717, 1.165) is 32.2 Å². The van der Waals surface area contributed by atoms with Crippen molar-refractivity contribution in [2.75, 3.05) is 0 Å². The molecular formula is C19H16BrN3O2. The number of aryl methyl sites for hydroxylation is 1. The van der Waals surface area contributed by atoms with Crippen LogP contribution in [0.4, 0.5) is 0 Å². The lowest BCUT2D eigenvalue weighted by Crippen LogP contribution is -2.26. The number of fused-ring (bicyclic) bond motifs is 2. The summed E-state index contributed by atoms with van der Waals surface area (Å²) in [6.45, 7) is 3.93. The number of amides is 1. The average molecular weight is 398 g/mol. The summed E-state index contributed by atoms with van der Waals surface area (Å²) >= 11 is 3.39. The number of para-hydroxylation sites is 1. The first-order valence-corrected chi connectivity index (χ1v) is 8.75. The largest absolute Gasteiger partial charge is 0.459 e. The highest BCUT2D eigenvalue weighted by Crippen LogP contribution is 2.29. The lowest BCUT2D eigenvalue weighted by atomic mass is 10.1. The van der Waals surface area contributed by atoms with Crippen LogP contribution in [0.2, 0.25) is 0 Å². The normalized spacial score (nSPS) is 12.6. The number of aromatic nitrogens is 2. The van der Waals surface area contributed by atoms with Crippen molar-refractivity contribution in [3.8, 4) is 0 Å². The Labute approximate surface area is 152 Å². The second-order valence-corrected chi connectivity index (χ2v) is 6.95. The summed E-state index contributed by atoms with van der Waals surface area (Å²) in [5, 5.41) is 4.86. The monoisotopic (exact) mass is 397 g/mol. The van der Waals surface area contributed by atoms with Gasteiger partial charge in [0.05, 0.1) is 11.6 Å². The Hall–Kier alpha value is -2.60. The van der Waals surface area contributed by atoms with Gasteiger partial charge in [-0.1, -0.05) is 18.2 Å². The number of halogens is 1. The van der Waals surface area contributed by atoms with Gasteiger partial charge in [-0.15, -0.1) is 0 Å². The maximum Gasteiger partial charge on any atom is 0.254 e. The maximum atomic E-state index is 12.7. The van der Waals surface area contributed by atoms with E-state index in [-0.39, 0.29) is 11.9 Å². The van der Waals surface area contributed by atoms with Crippen LogP contribution in [-0.2, 0) is 0 Å². The number of H-pyrrole nitrogens is 1. The van der Waals surface area contributed by atoms with Crippen molar-refractivity contribution >= 4 is 43.8 Å². The summed E-state index contributed by atoms with van der Waals surface area (Å²) in [7, 11) is 0. The molecule has 0 aliphatic heterocycles. The highest BCUT2D eigenvalue weighted by Gasteiger charge is 2.20. The lowest BCUT2D eigenvalue weighted by Gasteiger charge is -2.12. The molecule has 0 saturated heterocycles. The van der Waals surface area contributed by atoms with Gasteiger partial charge in [0.2, 0.25) is 0 Å². The summed E-state index contributed by atoms with van der Waals surface area (Å²) in [5.41, 5.74) is 3.12. The van der Waals surface area contributed by atoms with Crippen LogP contribution in [0.25, 0.3) is 22.0 Å². The number of nitrogens with one attached hydrogen (secondary N) is 2. The molecule has 0 fully saturated rings. The van der Waals surface area contributed by atoms with E-state index in [9.17, 15) is 4.79 Å². The van der Waals surface area contributed by atoms with E-state index < -0.39 is 0 Å². The molecule has 3 heterocycles. The highest BCUT2D eigenvalue weighted by atomic mass is 79.9. The molecule has 25 heavy (non-hydrogen) atoms. The molecule has 1 atom stereocenters. The Morgan fingerprint density at radius 3 is 2.92 bits per heavy atom. The fraction of sp³-hybridized carbons (Fsp3) is 0.158. The summed E-state index contributed by atoms with van der Waals surface area (Å²) < 4.78 is 6.77. The van der Waals surface area contributed by atoms with E-state index in [2.05, 4.69) is 31.2 Å². The Morgan fingerprint density at radius 1 is 1.32 bits per heavy atom. The number of hydrogen-bond acceptors (Lipinski definition) is 3. The van der Waals surface area contributed by atoms with E-state index >= 15 is 0 Å². The van der Waals surface area contributed by atoms with Crippen LogP contribution >= 0.6 is 15.9 Å². The molecular weight excluding hydrogens is 382 g/mol. The van der Waals surface area contributed by atoms with Gasteiger partial charge in [-0.2, -0.15) is 0 Å². The molecule has 1 aromatic carbocycles. The van der Waals surface area contributed by atoms with Crippen molar-refractivity contribution in [3.63, 3.8) is 0 Å². The number of furan rings is 1. The van der Waals surface area contributed by atoms with Gasteiger partial charge in [0.1, 0.15) is 17.0 Å². The molecule has 2 N–H and O–H groups in total. The molecule has 5 nitrogen and oxygen atoms in total. The minimum absolute atomic E-state index is 0.168. The first kappa shape index (κ1) is 15.9. The predicted molar refractivity (Wildman–Crippen MR) is 101 cm³/mol. The molecule has 3 aromatic heterocycles. The summed E-state index contributed by atoms with van der Waals surface area (Å²) in [6.07, 6.45) is 3.37. The number of carbonyl (C=O) groups excluding carboxylic acids is 1. The number of hydrogen-bond donors (Lipinski definition) is 2. The first-order chi connectivity index (χ1) is 12.0. The minimum atomic E-state index is -0.245. The van der Waals surface area contributed by atoms with Gasteiger partial charge in [0.25, 0.3) is 5.91 Å². The fourth-order valence-corrected chi connectivity index (χ4v) is 3.44. The van der Waals surface area contributed by atoms with Crippen LogP contribution in [-0.4, -0.2) is 15.9 Å². The van der Waals surface area contributed by atoms with Crippen LogP contribution in [0.5, 0.6) is 0 Å². The Bertz CT molecular complexity index is 1100. The van der Waals surface area contributed by atoms with Crippen molar-refractivity contribution in [1.29, 1.82) is 0 Å².